The van der Waals surface area contributed by atoms with Gasteiger partial charge in [0.2, 0.25) is 0 Å². The maximum absolute atomic E-state index is 12.8. The largest absolute Gasteiger partial charge is 0.481 e. The van der Waals surface area contributed by atoms with Gasteiger partial charge in [-0.25, -0.2) is 0 Å². The molecule has 124 valence electrons. The van der Waals surface area contributed by atoms with Crippen LogP contribution < -0.4 is 5.32 Å². The Morgan fingerprint density at radius 2 is 1.83 bits per heavy atom. The predicted molar refractivity (Wildman–Crippen MR) is 92.2 cm³/mol. The molecule has 1 unspecified atom stereocenters. The van der Waals surface area contributed by atoms with Crippen molar-refractivity contribution in [3.05, 3.63) is 65.7 Å². The van der Waals surface area contributed by atoms with E-state index in [4.69, 9.17) is 5.11 Å². The average Bonchev–Trinajstić information content (AvgIpc) is 2.71. The van der Waals surface area contributed by atoms with Crippen LogP contribution in [0.15, 0.2) is 54.6 Å². The molecule has 0 bridgehead atoms. The van der Waals surface area contributed by atoms with E-state index in [0.29, 0.717) is 24.3 Å². The summed E-state index contributed by atoms with van der Waals surface area (Å²) in [5.74, 6) is -0.927. The molecule has 1 aliphatic heterocycles. The van der Waals surface area contributed by atoms with Crippen molar-refractivity contribution in [2.24, 2.45) is 0 Å². The number of carboxylic acid groups (broad SMARTS) is 1. The lowest BCUT2D eigenvalue weighted by Gasteiger charge is -2.24. The number of para-hydroxylation sites is 1. The molecule has 3 rings (SSSR count). The zero-order valence-corrected chi connectivity index (χ0v) is 13.3. The predicted octanol–water partition coefficient (Wildman–Crippen LogP) is 2.64. The van der Waals surface area contributed by atoms with Gasteiger partial charge in [-0.2, -0.15) is 0 Å². The van der Waals surface area contributed by atoms with E-state index in [2.05, 4.69) is 5.32 Å². The molecule has 1 aliphatic rings. The monoisotopic (exact) mass is 324 g/mol. The molecule has 0 saturated carbocycles. The third kappa shape index (κ3) is 3.74. The summed E-state index contributed by atoms with van der Waals surface area (Å²) >= 11 is 0. The zero-order valence-electron chi connectivity index (χ0n) is 13.3. The van der Waals surface area contributed by atoms with Crippen LogP contribution in [0.25, 0.3) is 0 Å². The Bertz CT molecular complexity index is 730. The molecule has 0 fully saturated rings. The van der Waals surface area contributed by atoms with Crippen molar-refractivity contribution in [2.45, 2.75) is 18.9 Å². The Kier molecular flexibility index (Phi) is 4.79. The van der Waals surface area contributed by atoms with Gasteiger partial charge in [0.25, 0.3) is 5.91 Å². The maximum atomic E-state index is 12.8. The van der Waals surface area contributed by atoms with Crippen molar-refractivity contribution >= 4 is 17.6 Å². The number of amides is 1. The van der Waals surface area contributed by atoms with Crippen LogP contribution in [-0.2, 0) is 11.2 Å². The van der Waals surface area contributed by atoms with Crippen LogP contribution >= 0.6 is 0 Å². The van der Waals surface area contributed by atoms with Gasteiger partial charge in [0, 0.05) is 18.8 Å². The van der Waals surface area contributed by atoms with Crippen molar-refractivity contribution in [2.75, 3.05) is 18.4 Å². The molecule has 5 heteroatoms. The second-order valence-electron chi connectivity index (χ2n) is 5.97. The third-order valence-electron chi connectivity index (χ3n) is 4.18. The van der Waals surface area contributed by atoms with E-state index in [-0.39, 0.29) is 18.4 Å². The Labute approximate surface area is 140 Å². The number of aliphatic carboxylic acids is 1. The normalized spacial score (nSPS) is 16.9. The first-order valence-corrected chi connectivity index (χ1v) is 8.04. The maximum Gasteiger partial charge on any atom is 0.305 e. The summed E-state index contributed by atoms with van der Waals surface area (Å²) in [6.45, 7) is 0.946. The summed E-state index contributed by atoms with van der Waals surface area (Å²) < 4.78 is 0. The highest BCUT2D eigenvalue weighted by atomic mass is 16.4. The third-order valence-corrected chi connectivity index (χ3v) is 4.18. The SMILES string of the molecule is O=C(O)CC1CN(CCc2ccccc2)C(=O)c2ccccc2N1. The van der Waals surface area contributed by atoms with Crippen LogP contribution in [0.1, 0.15) is 22.3 Å². The summed E-state index contributed by atoms with van der Waals surface area (Å²) in [5.41, 5.74) is 2.46. The second kappa shape index (κ2) is 7.17. The number of nitrogens with zero attached hydrogens (tertiary/aromatic N) is 1. The van der Waals surface area contributed by atoms with Crippen molar-refractivity contribution in [1.29, 1.82) is 0 Å². The van der Waals surface area contributed by atoms with Crippen LogP contribution in [0.3, 0.4) is 0 Å². The quantitative estimate of drug-likeness (QED) is 0.887. The second-order valence-corrected chi connectivity index (χ2v) is 5.97. The first-order chi connectivity index (χ1) is 11.6. The van der Waals surface area contributed by atoms with E-state index in [0.717, 1.165) is 12.0 Å². The Morgan fingerprint density at radius 3 is 2.58 bits per heavy atom. The minimum atomic E-state index is -0.873. The Balaban J connectivity index is 1.81. The Hall–Kier alpha value is -2.82. The number of rotatable bonds is 5. The molecule has 2 aromatic carbocycles. The van der Waals surface area contributed by atoms with Gasteiger partial charge in [0.15, 0.2) is 0 Å². The molecule has 0 saturated heterocycles. The lowest BCUT2D eigenvalue weighted by atomic mass is 10.1. The molecular formula is C19H20N2O3. The highest BCUT2D eigenvalue weighted by molar-refractivity contribution is 6.00. The molecule has 0 spiro atoms. The zero-order chi connectivity index (χ0) is 16.9. The van der Waals surface area contributed by atoms with Crippen LogP contribution in [-0.4, -0.2) is 41.0 Å². The van der Waals surface area contributed by atoms with E-state index in [1.54, 1.807) is 11.0 Å². The van der Waals surface area contributed by atoms with E-state index in [1.165, 1.54) is 0 Å². The number of benzene rings is 2. The van der Waals surface area contributed by atoms with Gasteiger partial charge in [-0.1, -0.05) is 42.5 Å². The first-order valence-electron chi connectivity index (χ1n) is 8.04. The topological polar surface area (TPSA) is 69.6 Å². The van der Waals surface area contributed by atoms with E-state index >= 15 is 0 Å². The van der Waals surface area contributed by atoms with Crippen LogP contribution in [0, 0.1) is 0 Å². The van der Waals surface area contributed by atoms with Gasteiger partial charge in [-0.3, -0.25) is 9.59 Å². The number of carboxylic acids is 1. The van der Waals surface area contributed by atoms with Gasteiger partial charge in [0.1, 0.15) is 0 Å². The van der Waals surface area contributed by atoms with E-state index < -0.39 is 5.97 Å². The highest BCUT2D eigenvalue weighted by Gasteiger charge is 2.28. The first kappa shape index (κ1) is 16.1. The molecule has 0 aliphatic carbocycles. The fraction of sp³-hybridized carbons (Fsp3) is 0.263. The fourth-order valence-corrected chi connectivity index (χ4v) is 3.01. The molecular weight excluding hydrogens is 304 g/mol. The summed E-state index contributed by atoms with van der Waals surface area (Å²) in [6.07, 6.45) is 0.720. The van der Waals surface area contributed by atoms with Crippen molar-refractivity contribution < 1.29 is 14.7 Å². The number of fused-ring (bicyclic) bond motifs is 1. The van der Waals surface area contributed by atoms with Crippen molar-refractivity contribution in [1.82, 2.24) is 4.90 Å². The van der Waals surface area contributed by atoms with Gasteiger partial charge < -0.3 is 15.3 Å². The van der Waals surface area contributed by atoms with Crippen LogP contribution in [0.4, 0.5) is 5.69 Å². The van der Waals surface area contributed by atoms with Gasteiger partial charge in [-0.05, 0) is 24.1 Å². The molecule has 2 aromatic rings. The Morgan fingerprint density at radius 1 is 1.12 bits per heavy atom. The average molecular weight is 324 g/mol. The number of hydrogen-bond acceptors (Lipinski definition) is 3. The molecule has 0 radical (unpaired) electrons. The van der Waals surface area contributed by atoms with Crippen molar-refractivity contribution in [3.8, 4) is 0 Å². The van der Waals surface area contributed by atoms with Crippen LogP contribution in [0.5, 0.6) is 0 Å². The summed E-state index contributed by atoms with van der Waals surface area (Å²) in [4.78, 5) is 25.7. The molecule has 1 heterocycles. The molecule has 2 N–H and O–H groups in total. The standard InChI is InChI=1S/C19H20N2O3/c22-18(23)12-15-13-21(11-10-14-6-2-1-3-7-14)19(24)16-8-4-5-9-17(16)20-15/h1-9,15,20H,10-13H2,(H,22,23). The smallest absolute Gasteiger partial charge is 0.305 e. The van der Waals surface area contributed by atoms with Gasteiger partial charge in [-0.15, -0.1) is 0 Å². The number of hydrogen-bond donors (Lipinski definition) is 2. The number of anilines is 1. The molecule has 24 heavy (non-hydrogen) atoms. The summed E-state index contributed by atoms with van der Waals surface area (Å²) in [7, 11) is 0. The number of nitrogens with one attached hydrogen (secondary N) is 1. The number of carbonyl (C=O) groups excluding carboxylic acids is 1. The van der Waals surface area contributed by atoms with E-state index in [9.17, 15) is 9.59 Å². The van der Waals surface area contributed by atoms with Crippen LogP contribution in [0.2, 0.25) is 0 Å². The lowest BCUT2D eigenvalue weighted by molar-refractivity contribution is -0.137. The molecule has 0 aromatic heterocycles. The fourth-order valence-electron chi connectivity index (χ4n) is 3.01. The van der Waals surface area contributed by atoms with Gasteiger partial charge in [0.05, 0.1) is 18.0 Å². The molecule has 5 nitrogen and oxygen atoms in total. The summed E-state index contributed by atoms with van der Waals surface area (Å²) in [6, 6.07) is 16.9. The highest BCUT2D eigenvalue weighted by Crippen LogP contribution is 2.23. The number of carbonyl (C=O) groups is 2. The van der Waals surface area contributed by atoms with E-state index in [1.807, 2.05) is 48.5 Å². The minimum absolute atomic E-state index is 0.0244. The molecule has 1 amide bonds. The van der Waals surface area contributed by atoms with Gasteiger partial charge >= 0.3 is 5.97 Å². The molecule has 1 atom stereocenters. The lowest BCUT2D eigenvalue weighted by Crippen LogP contribution is -2.39. The summed E-state index contributed by atoms with van der Waals surface area (Å²) in [5, 5.41) is 12.3. The minimum Gasteiger partial charge on any atom is -0.481 e. The van der Waals surface area contributed by atoms with Crippen molar-refractivity contribution in [3.63, 3.8) is 0 Å².